The lowest BCUT2D eigenvalue weighted by atomic mass is 10.1. The van der Waals surface area contributed by atoms with E-state index in [0.717, 1.165) is 18.4 Å². The fourth-order valence-corrected chi connectivity index (χ4v) is 1.99. The number of carboxylic acids is 1. The number of carbonyl (C=O) groups is 2. The van der Waals surface area contributed by atoms with Crippen LogP contribution < -0.4 is 0 Å². The molecule has 20 heavy (non-hydrogen) atoms. The summed E-state index contributed by atoms with van der Waals surface area (Å²) in [4.78, 5) is 24.5. The molecule has 0 radical (unpaired) electrons. The SMILES string of the molecule is CCCCN(CCC(=O)O)C(=O)CCc1ccccc1. The third-order valence-electron chi connectivity index (χ3n) is 3.20. The molecule has 4 heteroatoms. The third-order valence-corrected chi connectivity index (χ3v) is 3.20. The first kappa shape index (κ1) is 16.2. The van der Waals surface area contributed by atoms with Crippen molar-refractivity contribution in [2.75, 3.05) is 13.1 Å². The van der Waals surface area contributed by atoms with Crippen LogP contribution >= 0.6 is 0 Å². The van der Waals surface area contributed by atoms with E-state index in [-0.39, 0.29) is 12.3 Å². The van der Waals surface area contributed by atoms with Crippen molar-refractivity contribution in [3.63, 3.8) is 0 Å². The van der Waals surface area contributed by atoms with Crippen molar-refractivity contribution >= 4 is 11.9 Å². The van der Waals surface area contributed by atoms with Gasteiger partial charge in [-0.2, -0.15) is 0 Å². The Labute approximate surface area is 120 Å². The van der Waals surface area contributed by atoms with Gasteiger partial charge >= 0.3 is 5.97 Å². The zero-order chi connectivity index (χ0) is 14.8. The van der Waals surface area contributed by atoms with E-state index in [2.05, 4.69) is 6.92 Å². The fourth-order valence-electron chi connectivity index (χ4n) is 1.99. The lowest BCUT2D eigenvalue weighted by Crippen LogP contribution is -2.34. The van der Waals surface area contributed by atoms with Crippen LogP contribution in [-0.2, 0) is 16.0 Å². The largest absolute Gasteiger partial charge is 0.481 e. The van der Waals surface area contributed by atoms with Crippen LogP contribution in [0.15, 0.2) is 30.3 Å². The van der Waals surface area contributed by atoms with Crippen molar-refractivity contribution in [1.29, 1.82) is 0 Å². The van der Waals surface area contributed by atoms with E-state index in [1.807, 2.05) is 30.3 Å². The molecule has 0 saturated carbocycles. The van der Waals surface area contributed by atoms with Crippen LogP contribution in [0.1, 0.15) is 38.2 Å². The maximum Gasteiger partial charge on any atom is 0.305 e. The van der Waals surface area contributed by atoms with Crippen molar-refractivity contribution < 1.29 is 14.7 Å². The van der Waals surface area contributed by atoms with Crippen LogP contribution in [0.2, 0.25) is 0 Å². The molecule has 1 rings (SSSR count). The summed E-state index contributed by atoms with van der Waals surface area (Å²) in [5.74, 6) is -0.814. The van der Waals surface area contributed by atoms with E-state index < -0.39 is 5.97 Å². The minimum Gasteiger partial charge on any atom is -0.481 e. The molecule has 4 nitrogen and oxygen atoms in total. The Bertz CT molecular complexity index is 417. The molecule has 0 aromatic heterocycles. The number of rotatable bonds is 9. The molecule has 0 spiro atoms. The second kappa shape index (κ2) is 9.13. The summed E-state index contributed by atoms with van der Waals surface area (Å²) < 4.78 is 0. The van der Waals surface area contributed by atoms with Crippen molar-refractivity contribution in [3.05, 3.63) is 35.9 Å². The maximum absolute atomic E-state index is 12.2. The van der Waals surface area contributed by atoms with Gasteiger partial charge in [-0.05, 0) is 18.4 Å². The van der Waals surface area contributed by atoms with E-state index in [1.165, 1.54) is 0 Å². The molecule has 0 heterocycles. The van der Waals surface area contributed by atoms with Gasteiger partial charge in [0, 0.05) is 19.5 Å². The summed E-state index contributed by atoms with van der Waals surface area (Å²) in [5.41, 5.74) is 1.13. The number of unbranched alkanes of at least 4 members (excludes halogenated alkanes) is 1. The van der Waals surface area contributed by atoms with Crippen molar-refractivity contribution in [2.45, 2.75) is 39.0 Å². The molecule has 1 amide bonds. The average Bonchev–Trinajstić information content (AvgIpc) is 2.45. The van der Waals surface area contributed by atoms with Gasteiger partial charge in [-0.1, -0.05) is 43.7 Å². The Morgan fingerprint density at radius 3 is 2.40 bits per heavy atom. The van der Waals surface area contributed by atoms with Gasteiger partial charge in [-0.3, -0.25) is 9.59 Å². The van der Waals surface area contributed by atoms with Gasteiger partial charge in [-0.15, -0.1) is 0 Å². The minimum absolute atomic E-state index is 0.0147. The van der Waals surface area contributed by atoms with E-state index in [9.17, 15) is 9.59 Å². The summed E-state index contributed by atoms with van der Waals surface area (Å²) in [6.07, 6.45) is 3.07. The minimum atomic E-state index is -0.859. The highest BCUT2D eigenvalue weighted by Crippen LogP contribution is 2.06. The second-order valence-corrected chi connectivity index (χ2v) is 4.86. The van der Waals surface area contributed by atoms with Crippen LogP contribution in [-0.4, -0.2) is 35.0 Å². The molecule has 0 aliphatic rings. The molecule has 1 aromatic carbocycles. The molecule has 0 saturated heterocycles. The summed E-state index contributed by atoms with van der Waals surface area (Å²) in [7, 11) is 0. The Kier molecular flexibility index (Phi) is 7.40. The second-order valence-electron chi connectivity index (χ2n) is 4.86. The topological polar surface area (TPSA) is 57.6 Å². The Morgan fingerprint density at radius 1 is 1.10 bits per heavy atom. The summed E-state index contributed by atoms with van der Waals surface area (Å²) in [5, 5.41) is 8.74. The predicted molar refractivity (Wildman–Crippen MR) is 78.5 cm³/mol. The van der Waals surface area contributed by atoms with Crippen molar-refractivity contribution in [2.24, 2.45) is 0 Å². The van der Waals surface area contributed by atoms with Crippen molar-refractivity contribution in [3.8, 4) is 0 Å². The average molecular weight is 277 g/mol. The molecule has 0 atom stereocenters. The molecular weight excluding hydrogens is 254 g/mol. The molecule has 1 aromatic rings. The van der Waals surface area contributed by atoms with Gasteiger partial charge in [0.05, 0.1) is 6.42 Å². The molecular formula is C16H23NO3. The number of nitrogens with zero attached hydrogens (tertiary/aromatic N) is 1. The highest BCUT2D eigenvalue weighted by atomic mass is 16.4. The van der Waals surface area contributed by atoms with Crippen LogP contribution in [0.25, 0.3) is 0 Å². The molecule has 0 unspecified atom stereocenters. The smallest absolute Gasteiger partial charge is 0.305 e. The monoisotopic (exact) mass is 277 g/mol. The molecule has 0 fully saturated rings. The first-order valence-corrected chi connectivity index (χ1v) is 7.17. The number of aliphatic carboxylic acids is 1. The highest BCUT2D eigenvalue weighted by Gasteiger charge is 2.14. The fraction of sp³-hybridized carbons (Fsp3) is 0.500. The summed E-state index contributed by atoms with van der Waals surface area (Å²) in [6.45, 7) is 3.02. The number of carbonyl (C=O) groups excluding carboxylic acids is 1. The Hall–Kier alpha value is -1.84. The lowest BCUT2D eigenvalue weighted by Gasteiger charge is -2.21. The number of carboxylic acid groups (broad SMARTS) is 1. The summed E-state index contributed by atoms with van der Waals surface area (Å²) in [6, 6.07) is 9.87. The van der Waals surface area contributed by atoms with Gasteiger partial charge in [0.25, 0.3) is 0 Å². The first-order chi connectivity index (χ1) is 9.63. The summed E-state index contributed by atoms with van der Waals surface area (Å²) >= 11 is 0. The number of hydrogen-bond donors (Lipinski definition) is 1. The number of amides is 1. The highest BCUT2D eigenvalue weighted by molar-refractivity contribution is 5.77. The Morgan fingerprint density at radius 2 is 1.80 bits per heavy atom. The maximum atomic E-state index is 12.2. The van der Waals surface area contributed by atoms with Gasteiger partial charge in [0.2, 0.25) is 5.91 Å². The number of hydrogen-bond acceptors (Lipinski definition) is 2. The normalized spacial score (nSPS) is 10.2. The standard InChI is InChI=1S/C16H23NO3/c1-2-3-12-17(13-11-16(19)20)15(18)10-9-14-7-5-4-6-8-14/h4-8H,2-3,9-13H2,1H3,(H,19,20). The molecule has 0 aliphatic carbocycles. The Balaban J connectivity index is 2.46. The lowest BCUT2D eigenvalue weighted by molar-refractivity contribution is -0.138. The van der Waals surface area contributed by atoms with E-state index in [0.29, 0.717) is 25.9 Å². The predicted octanol–water partition coefficient (Wildman–Crippen LogP) is 2.72. The molecule has 0 bridgehead atoms. The molecule has 1 N–H and O–H groups in total. The van der Waals surface area contributed by atoms with Gasteiger partial charge < -0.3 is 10.0 Å². The van der Waals surface area contributed by atoms with Crippen LogP contribution in [0.3, 0.4) is 0 Å². The van der Waals surface area contributed by atoms with Gasteiger partial charge in [0.15, 0.2) is 0 Å². The number of aryl methyl sites for hydroxylation is 1. The quantitative estimate of drug-likeness (QED) is 0.755. The van der Waals surface area contributed by atoms with E-state index in [1.54, 1.807) is 4.90 Å². The zero-order valence-corrected chi connectivity index (χ0v) is 12.0. The van der Waals surface area contributed by atoms with Crippen LogP contribution in [0.4, 0.5) is 0 Å². The van der Waals surface area contributed by atoms with Crippen LogP contribution in [0.5, 0.6) is 0 Å². The zero-order valence-electron chi connectivity index (χ0n) is 12.0. The molecule has 110 valence electrons. The van der Waals surface area contributed by atoms with Gasteiger partial charge in [-0.25, -0.2) is 0 Å². The van der Waals surface area contributed by atoms with Crippen molar-refractivity contribution in [1.82, 2.24) is 4.90 Å². The van der Waals surface area contributed by atoms with Crippen LogP contribution in [0, 0.1) is 0 Å². The molecule has 0 aliphatic heterocycles. The number of benzene rings is 1. The van der Waals surface area contributed by atoms with E-state index >= 15 is 0 Å². The van der Waals surface area contributed by atoms with E-state index in [4.69, 9.17) is 5.11 Å². The third kappa shape index (κ3) is 6.36. The van der Waals surface area contributed by atoms with Gasteiger partial charge in [0.1, 0.15) is 0 Å². The first-order valence-electron chi connectivity index (χ1n) is 7.17.